The van der Waals surface area contributed by atoms with Gasteiger partial charge < -0.3 is 11.1 Å². The number of nitrogens with two attached hydrogens (primary N) is 1. The fourth-order valence-corrected chi connectivity index (χ4v) is 2.59. The molecule has 0 fully saturated rings. The number of nitrogen functional groups attached to an aromatic ring is 1. The molecular formula is C14H12N4OS. The monoisotopic (exact) mass is 284 g/mol. The van der Waals surface area contributed by atoms with Crippen molar-refractivity contribution in [3.8, 4) is 0 Å². The van der Waals surface area contributed by atoms with Crippen molar-refractivity contribution in [2.45, 2.75) is 6.42 Å². The van der Waals surface area contributed by atoms with Crippen LogP contribution in [0.2, 0.25) is 0 Å². The highest BCUT2D eigenvalue weighted by Crippen LogP contribution is 2.20. The van der Waals surface area contributed by atoms with Crippen LogP contribution in [0, 0.1) is 0 Å². The summed E-state index contributed by atoms with van der Waals surface area (Å²) in [7, 11) is 0. The van der Waals surface area contributed by atoms with Crippen molar-refractivity contribution < 1.29 is 4.79 Å². The molecule has 0 unspecified atom stereocenters. The van der Waals surface area contributed by atoms with E-state index in [4.69, 9.17) is 5.73 Å². The molecule has 0 aliphatic rings. The van der Waals surface area contributed by atoms with Gasteiger partial charge in [-0.1, -0.05) is 53.8 Å². The zero-order valence-electron chi connectivity index (χ0n) is 10.5. The van der Waals surface area contributed by atoms with Gasteiger partial charge in [0.1, 0.15) is 0 Å². The van der Waals surface area contributed by atoms with Gasteiger partial charge in [0, 0.05) is 0 Å². The SMILES string of the molecule is Nc1nnc(NC(=O)Cc2cccc3ccccc23)s1. The summed E-state index contributed by atoms with van der Waals surface area (Å²) >= 11 is 1.15. The highest BCUT2D eigenvalue weighted by Gasteiger charge is 2.09. The van der Waals surface area contributed by atoms with Crippen molar-refractivity contribution >= 4 is 38.3 Å². The summed E-state index contributed by atoms with van der Waals surface area (Å²) in [5.74, 6) is -0.127. The molecule has 1 aromatic heterocycles. The van der Waals surface area contributed by atoms with E-state index in [1.165, 1.54) is 0 Å². The number of benzene rings is 2. The number of nitrogens with zero attached hydrogens (tertiary/aromatic N) is 2. The van der Waals surface area contributed by atoms with Crippen LogP contribution in [0.5, 0.6) is 0 Å². The smallest absolute Gasteiger partial charge is 0.230 e. The fraction of sp³-hybridized carbons (Fsp3) is 0.0714. The molecule has 0 aliphatic carbocycles. The average Bonchev–Trinajstić information content (AvgIpc) is 2.84. The Morgan fingerprint density at radius 3 is 2.75 bits per heavy atom. The Kier molecular flexibility index (Phi) is 3.30. The number of carbonyl (C=O) groups excluding carboxylic acids is 1. The van der Waals surface area contributed by atoms with Crippen molar-refractivity contribution in [1.82, 2.24) is 10.2 Å². The second kappa shape index (κ2) is 5.26. The van der Waals surface area contributed by atoms with E-state index in [2.05, 4.69) is 15.5 Å². The van der Waals surface area contributed by atoms with E-state index in [0.717, 1.165) is 27.7 Å². The third-order valence-corrected chi connectivity index (χ3v) is 3.59. The second-order valence-electron chi connectivity index (χ2n) is 4.31. The van der Waals surface area contributed by atoms with Gasteiger partial charge in [0.15, 0.2) is 0 Å². The predicted octanol–water partition coefficient (Wildman–Crippen LogP) is 2.45. The molecule has 2 aromatic carbocycles. The number of nitrogens with one attached hydrogen (secondary N) is 1. The molecule has 3 rings (SSSR count). The number of rotatable bonds is 3. The van der Waals surface area contributed by atoms with Gasteiger partial charge in [-0.3, -0.25) is 4.79 Å². The first-order valence-electron chi connectivity index (χ1n) is 6.08. The molecule has 5 nitrogen and oxygen atoms in total. The van der Waals surface area contributed by atoms with Gasteiger partial charge in [-0.2, -0.15) is 0 Å². The lowest BCUT2D eigenvalue weighted by atomic mass is 10.0. The van der Waals surface area contributed by atoms with Crippen molar-refractivity contribution in [1.29, 1.82) is 0 Å². The normalized spacial score (nSPS) is 10.6. The van der Waals surface area contributed by atoms with Gasteiger partial charge in [0.25, 0.3) is 0 Å². The lowest BCUT2D eigenvalue weighted by Crippen LogP contribution is -2.14. The van der Waals surface area contributed by atoms with E-state index in [1.54, 1.807) is 0 Å². The Bertz CT molecular complexity index is 763. The summed E-state index contributed by atoms with van der Waals surface area (Å²) in [6.45, 7) is 0. The van der Waals surface area contributed by atoms with Gasteiger partial charge in [-0.25, -0.2) is 0 Å². The number of hydrogen-bond donors (Lipinski definition) is 2. The molecule has 3 N–H and O–H groups in total. The van der Waals surface area contributed by atoms with Crippen LogP contribution >= 0.6 is 11.3 Å². The van der Waals surface area contributed by atoms with E-state index in [0.29, 0.717) is 16.7 Å². The molecule has 20 heavy (non-hydrogen) atoms. The largest absolute Gasteiger partial charge is 0.374 e. The van der Waals surface area contributed by atoms with Crippen LogP contribution < -0.4 is 11.1 Å². The van der Waals surface area contributed by atoms with Gasteiger partial charge in [0.05, 0.1) is 6.42 Å². The zero-order valence-corrected chi connectivity index (χ0v) is 11.4. The number of fused-ring (bicyclic) bond motifs is 1. The molecule has 0 bridgehead atoms. The van der Waals surface area contributed by atoms with Crippen LogP contribution in [0.1, 0.15) is 5.56 Å². The maximum Gasteiger partial charge on any atom is 0.230 e. The van der Waals surface area contributed by atoms with Gasteiger partial charge >= 0.3 is 0 Å². The molecule has 0 saturated carbocycles. The molecule has 100 valence electrons. The standard InChI is InChI=1S/C14H12N4OS/c15-13-17-18-14(20-13)16-12(19)8-10-6-3-5-9-4-1-2-7-11(9)10/h1-7H,8H2,(H2,15,17)(H,16,18,19). The van der Waals surface area contributed by atoms with E-state index in [-0.39, 0.29) is 5.91 Å². The molecule has 0 aliphatic heterocycles. The van der Waals surface area contributed by atoms with Crippen molar-refractivity contribution in [3.63, 3.8) is 0 Å². The minimum Gasteiger partial charge on any atom is -0.374 e. The van der Waals surface area contributed by atoms with E-state index in [1.807, 2.05) is 42.5 Å². The number of carbonyl (C=O) groups is 1. The lowest BCUT2D eigenvalue weighted by Gasteiger charge is -2.06. The first kappa shape index (κ1) is 12.6. The topological polar surface area (TPSA) is 80.9 Å². The van der Waals surface area contributed by atoms with Gasteiger partial charge in [-0.05, 0) is 16.3 Å². The summed E-state index contributed by atoms with van der Waals surface area (Å²) < 4.78 is 0. The molecule has 0 spiro atoms. The minimum absolute atomic E-state index is 0.127. The predicted molar refractivity (Wildman–Crippen MR) is 80.6 cm³/mol. The number of aromatic nitrogens is 2. The second-order valence-corrected chi connectivity index (χ2v) is 5.32. The maximum atomic E-state index is 12.0. The van der Waals surface area contributed by atoms with Crippen molar-refractivity contribution in [3.05, 3.63) is 48.0 Å². The van der Waals surface area contributed by atoms with E-state index < -0.39 is 0 Å². The summed E-state index contributed by atoms with van der Waals surface area (Å²) in [6.07, 6.45) is 0.292. The molecular weight excluding hydrogens is 272 g/mol. The Morgan fingerprint density at radius 1 is 1.15 bits per heavy atom. The van der Waals surface area contributed by atoms with Crippen molar-refractivity contribution in [2.24, 2.45) is 0 Å². The van der Waals surface area contributed by atoms with Crippen LogP contribution in [-0.4, -0.2) is 16.1 Å². The Balaban J connectivity index is 1.81. The fourth-order valence-electron chi connectivity index (χ4n) is 2.07. The zero-order chi connectivity index (χ0) is 13.9. The number of amides is 1. The Labute approximate surface area is 119 Å². The van der Waals surface area contributed by atoms with Crippen LogP contribution in [-0.2, 0) is 11.2 Å². The third kappa shape index (κ3) is 2.60. The highest BCUT2D eigenvalue weighted by molar-refractivity contribution is 7.18. The molecule has 1 heterocycles. The Hall–Kier alpha value is -2.47. The molecule has 0 atom stereocenters. The summed E-state index contributed by atoms with van der Waals surface area (Å²) in [5.41, 5.74) is 6.46. The molecule has 1 amide bonds. The van der Waals surface area contributed by atoms with Crippen LogP contribution in [0.4, 0.5) is 10.3 Å². The van der Waals surface area contributed by atoms with E-state index >= 15 is 0 Å². The van der Waals surface area contributed by atoms with Crippen molar-refractivity contribution in [2.75, 3.05) is 11.1 Å². The number of hydrogen-bond acceptors (Lipinski definition) is 5. The highest BCUT2D eigenvalue weighted by atomic mass is 32.1. The first-order chi connectivity index (χ1) is 9.72. The Morgan fingerprint density at radius 2 is 1.95 bits per heavy atom. The quantitative estimate of drug-likeness (QED) is 0.774. The summed E-state index contributed by atoms with van der Waals surface area (Å²) in [5, 5.41) is 13.1. The maximum absolute atomic E-state index is 12.0. The molecule has 3 aromatic rings. The average molecular weight is 284 g/mol. The summed E-state index contributed by atoms with van der Waals surface area (Å²) in [6, 6.07) is 13.9. The third-order valence-electron chi connectivity index (χ3n) is 2.92. The summed E-state index contributed by atoms with van der Waals surface area (Å²) in [4.78, 5) is 12.0. The van der Waals surface area contributed by atoms with Crippen LogP contribution in [0.25, 0.3) is 10.8 Å². The van der Waals surface area contributed by atoms with Gasteiger partial charge in [-0.15, -0.1) is 10.2 Å². The minimum atomic E-state index is -0.127. The first-order valence-corrected chi connectivity index (χ1v) is 6.89. The lowest BCUT2D eigenvalue weighted by molar-refractivity contribution is -0.115. The molecule has 0 radical (unpaired) electrons. The molecule has 6 heteroatoms. The molecule has 0 saturated heterocycles. The van der Waals surface area contributed by atoms with Crippen LogP contribution in [0.3, 0.4) is 0 Å². The number of anilines is 2. The van der Waals surface area contributed by atoms with Crippen LogP contribution in [0.15, 0.2) is 42.5 Å². The van der Waals surface area contributed by atoms with E-state index in [9.17, 15) is 4.79 Å². The van der Waals surface area contributed by atoms with Gasteiger partial charge in [0.2, 0.25) is 16.2 Å².